The Balaban J connectivity index is 1.57. The number of hydrogen-bond acceptors (Lipinski definition) is 2. The Kier molecular flexibility index (Phi) is 7.38. The molecule has 0 unspecified atom stereocenters. The second-order valence-corrected chi connectivity index (χ2v) is 9.01. The Bertz CT molecular complexity index is 1350. The molecule has 0 amide bonds. The summed E-state index contributed by atoms with van der Waals surface area (Å²) in [6.45, 7) is 5.52. The second kappa shape index (κ2) is 10.6. The van der Waals surface area contributed by atoms with Crippen molar-refractivity contribution in [3.05, 3.63) is 117 Å². The van der Waals surface area contributed by atoms with Gasteiger partial charge in [0.15, 0.2) is 5.11 Å². The molecular formula is C28H28FN3OS. The third-order valence-electron chi connectivity index (χ3n) is 5.84. The normalized spacial score (nSPS) is 10.9. The molecule has 3 aromatic carbocycles. The highest BCUT2D eigenvalue weighted by atomic mass is 32.1. The molecule has 1 aromatic heterocycles. The maximum atomic E-state index is 13.4. The van der Waals surface area contributed by atoms with Gasteiger partial charge in [-0.15, -0.1) is 0 Å². The predicted molar refractivity (Wildman–Crippen MR) is 140 cm³/mol. The van der Waals surface area contributed by atoms with E-state index >= 15 is 0 Å². The number of benzene rings is 3. The molecular weight excluding hydrogens is 445 g/mol. The number of halogens is 1. The molecule has 0 saturated carbocycles. The molecule has 0 aliphatic rings. The molecule has 4 nitrogen and oxygen atoms in total. The highest BCUT2D eigenvalue weighted by Crippen LogP contribution is 2.19. The van der Waals surface area contributed by atoms with Crippen LogP contribution >= 0.6 is 12.2 Å². The summed E-state index contributed by atoms with van der Waals surface area (Å²) in [5.41, 5.74) is 5.68. The first-order chi connectivity index (χ1) is 16.4. The zero-order valence-corrected chi connectivity index (χ0v) is 20.2. The van der Waals surface area contributed by atoms with Gasteiger partial charge in [0.2, 0.25) is 0 Å². The van der Waals surface area contributed by atoms with Crippen molar-refractivity contribution in [2.24, 2.45) is 0 Å². The van der Waals surface area contributed by atoms with Crippen molar-refractivity contribution in [2.45, 2.75) is 33.4 Å². The lowest BCUT2D eigenvalue weighted by Crippen LogP contribution is -2.40. The quantitative estimate of drug-likeness (QED) is 0.353. The van der Waals surface area contributed by atoms with Crippen molar-refractivity contribution in [3.63, 3.8) is 0 Å². The first-order valence-electron chi connectivity index (χ1n) is 11.3. The van der Waals surface area contributed by atoms with Gasteiger partial charge < -0.3 is 15.2 Å². The highest BCUT2D eigenvalue weighted by Gasteiger charge is 2.15. The molecule has 0 aliphatic heterocycles. The standard InChI is InChI=1S/C28H28FN3OS/c1-19-14-20(2)26-23(15-19)16-24(27(33)31-26)18-32(17-22-8-10-25(29)11-9-22)28(34)30-13-12-21-6-4-3-5-7-21/h3-11,14-16H,12-13,17-18H2,1-2H3,(H,30,34)(H,31,33). The number of H-pyrrole nitrogens is 1. The maximum Gasteiger partial charge on any atom is 0.253 e. The number of aromatic amines is 1. The van der Waals surface area contributed by atoms with Gasteiger partial charge in [0.1, 0.15) is 5.82 Å². The number of fused-ring (bicyclic) bond motifs is 1. The molecule has 0 spiro atoms. The summed E-state index contributed by atoms with van der Waals surface area (Å²) in [7, 11) is 0. The summed E-state index contributed by atoms with van der Waals surface area (Å²) < 4.78 is 13.4. The van der Waals surface area contributed by atoms with Gasteiger partial charge in [-0.25, -0.2) is 4.39 Å². The second-order valence-electron chi connectivity index (χ2n) is 8.62. The van der Waals surface area contributed by atoms with Gasteiger partial charge in [-0.05, 0) is 78.8 Å². The van der Waals surface area contributed by atoms with E-state index in [9.17, 15) is 9.18 Å². The zero-order chi connectivity index (χ0) is 24.1. The van der Waals surface area contributed by atoms with E-state index in [0.717, 1.165) is 34.0 Å². The van der Waals surface area contributed by atoms with E-state index in [1.54, 1.807) is 12.1 Å². The number of nitrogens with zero attached hydrogens (tertiary/aromatic N) is 1. The SMILES string of the molecule is Cc1cc(C)c2[nH]c(=O)c(CN(Cc3ccc(F)cc3)C(=S)NCCc3ccccc3)cc2c1. The number of pyridine rings is 1. The lowest BCUT2D eigenvalue weighted by Gasteiger charge is -2.26. The minimum atomic E-state index is -0.282. The lowest BCUT2D eigenvalue weighted by molar-refractivity contribution is 0.397. The third kappa shape index (κ3) is 5.88. The molecule has 2 N–H and O–H groups in total. The van der Waals surface area contributed by atoms with E-state index in [0.29, 0.717) is 30.3 Å². The molecule has 4 aromatic rings. The van der Waals surface area contributed by atoms with E-state index in [1.807, 2.05) is 43.0 Å². The average molecular weight is 474 g/mol. The average Bonchev–Trinajstić information content (AvgIpc) is 2.81. The van der Waals surface area contributed by atoms with Crippen LogP contribution in [0.4, 0.5) is 4.39 Å². The third-order valence-corrected chi connectivity index (χ3v) is 6.24. The summed E-state index contributed by atoms with van der Waals surface area (Å²) in [6.07, 6.45) is 0.834. The van der Waals surface area contributed by atoms with Crippen LogP contribution in [0.3, 0.4) is 0 Å². The van der Waals surface area contributed by atoms with E-state index in [1.165, 1.54) is 17.7 Å². The molecule has 0 saturated heterocycles. The van der Waals surface area contributed by atoms with Gasteiger partial charge in [-0.2, -0.15) is 0 Å². The summed E-state index contributed by atoms with van der Waals surface area (Å²) in [4.78, 5) is 17.9. The van der Waals surface area contributed by atoms with E-state index in [-0.39, 0.29) is 11.4 Å². The number of aryl methyl sites for hydroxylation is 2. The molecule has 174 valence electrons. The van der Waals surface area contributed by atoms with Crippen LogP contribution in [0.1, 0.15) is 27.8 Å². The largest absolute Gasteiger partial charge is 0.362 e. The fourth-order valence-corrected chi connectivity index (χ4v) is 4.37. The summed E-state index contributed by atoms with van der Waals surface area (Å²) >= 11 is 5.72. The van der Waals surface area contributed by atoms with Crippen LogP contribution in [0.25, 0.3) is 10.9 Å². The Morgan fingerprint density at radius 2 is 1.71 bits per heavy atom. The molecule has 1 heterocycles. The van der Waals surface area contributed by atoms with Crippen LogP contribution in [0.15, 0.2) is 77.6 Å². The predicted octanol–water partition coefficient (Wildman–Crippen LogP) is 5.40. The van der Waals surface area contributed by atoms with Crippen LogP contribution in [-0.4, -0.2) is 21.5 Å². The Hall–Kier alpha value is -3.51. The molecule has 34 heavy (non-hydrogen) atoms. The molecule has 4 rings (SSSR count). The minimum Gasteiger partial charge on any atom is -0.362 e. The topological polar surface area (TPSA) is 48.1 Å². The van der Waals surface area contributed by atoms with Gasteiger partial charge in [0.05, 0.1) is 12.1 Å². The van der Waals surface area contributed by atoms with E-state index in [4.69, 9.17) is 12.2 Å². The van der Waals surface area contributed by atoms with Gasteiger partial charge in [-0.1, -0.05) is 54.1 Å². The number of aromatic nitrogens is 1. The van der Waals surface area contributed by atoms with Crippen molar-refractivity contribution in [2.75, 3.05) is 6.54 Å². The maximum absolute atomic E-state index is 13.4. The molecule has 6 heteroatoms. The Labute approximate surface area is 204 Å². The minimum absolute atomic E-state index is 0.129. The summed E-state index contributed by atoms with van der Waals surface area (Å²) in [6, 6.07) is 22.6. The van der Waals surface area contributed by atoms with Gasteiger partial charge in [0.25, 0.3) is 5.56 Å². The fraction of sp³-hybridized carbons (Fsp3) is 0.214. The molecule has 0 bridgehead atoms. The smallest absolute Gasteiger partial charge is 0.253 e. The van der Waals surface area contributed by atoms with Crippen molar-refractivity contribution in [1.29, 1.82) is 0 Å². The van der Waals surface area contributed by atoms with Crippen LogP contribution in [-0.2, 0) is 19.5 Å². The van der Waals surface area contributed by atoms with Gasteiger partial charge >= 0.3 is 0 Å². The van der Waals surface area contributed by atoms with Crippen molar-refractivity contribution in [3.8, 4) is 0 Å². The molecule has 0 fully saturated rings. The summed E-state index contributed by atoms with van der Waals surface area (Å²) in [5.74, 6) is -0.282. The fourth-order valence-electron chi connectivity index (χ4n) is 4.14. The number of thiocarbonyl (C=S) groups is 1. The number of hydrogen-bond donors (Lipinski definition) is 2. The van der Waals surface area contributed by atoms with Crippen molar-refractivity contribution in [1.82, 2.24) is 15.2 Å². The van der Waals surface area contributed by atoms with Crippen LogP contribution < -0.4 is 10.9 Å². The lowest BCUT2D eigenvalue weighted by atomic mass is 10.1. The zero-order valence-electron chi connectivity index (χ0n) is 19.4. The Morgan fingerprint density at radius 1 is 0.971 bits per heavy atom. The Morgan fingerprint density at radius 3 is 2.44 bits per heavy atom. The van der Waals surface area contributed by atoms with E-state index in [2.05, 4.69) is 34.6 Å². The highest BCUT2D eigenvalue weighted by molar-refractivity contribution is 7.80. The van der Waals surface area contributed by atoms with Gasteiger partial charge in [-0.3, -0.25) is 4.79 Å². The number of nitrogens with one attached hydrogen (secondary N) is 2. The van der Waals surface area contributed by atoms with Crippen LogP contribution in [0, 0.1) is 19.7 Å². The molecule has 0 radical (unpaired) electrons. The monoisotopic (exact) mass is 473 g/mol. The van der Waals surface area contributed by atoms with Crippen molar-refractivity contribution >= 4 is 28.2 Å². The molecule has 0 atom stereocenters. The number of rotatable bonds is 7. The van der Waals surface area contributed by atoms with Crippen molar-refractivity contribution < 1.29 is 4.39 Å². The summed E-state index contributed by atoms with van der Waals surface area (Å²) in [5, 5.41) is 4.88. The first kappa shape index (κ1) is 23.6. The van der Waals surface area contributed by atoms with Crippen LogP contribution in [0.5, 0.6) is 0 Å². The van der Waals surface area contributed by atoms with Crippen LogP contribution in [0.2, 0.25) is 0 Å². The van der Waals surface area contributed by atoms with Gasteiger partial charge in [0, 0.05) is 18.7 Å². The first-order valence-corrected chi connectivity index (χ1v) is 11.7. The van der Waals surface area contributed by atoms with E-state index < -0.39 is 0 Å². The molecule has 0 aliphatic carbocycles.